The molecule has 0 radical (unpaired) electrons. The van der Waals surface area contributed by atoms with Crippen molar-refractivity contribution in [2.75, 3.05) is 0 Å². The van der Waals surface area contributed by atoms with E-state index in [1.807, 2.05) is 6.92 Å². The van der Waals surface area contributed by atoms with Gasteiger partial charge in [-0.1, -0.05) is 19.8 Å². The quantitative estimate of drug-likeness (QED) is 0.667. The molecule has 2 aliphatic rings. The summed E-state index contributed by atoms with van der Waals surface area (Å²) in [6, 6.07) is 0. The Labute approximate surface area is 87.7 Å². The summed E-state index contributed by atoms with van der Waals surface area (Å²) in [6.45, 7) is 1.90. The Balaban J connectivity index is 2.22. The number of halogens is 3. The van der Waals surface area contributed by atoms with Crippen molar-refractivity contribution in [1.82, 2.24) is 0 Å². The molecule has 88 valence electrons. The predicted octanol–water partition coefficient (Wildman–Crippen LogP) is 3.27. The molecule has 2 aliphatic carbocycles. The van der Waals surface area contributed by atoms with Crippen LogP contribution in [0, 0.1) is 11.3 Å². The number of alkyl halides is 3. The van der Waals surface area contributed by atoms with Gasteiger partial charge in [0.2, 0.25) is 0 Å². The zero-order valence-electron chi connectivity index (χ0n) is 8.90. The first-order valence-corrected chi connectivity index (χ1v) is 5.56. The second kappa shape index (κ2) is 3.12. The van der Waals surface area contributed by atoms with Gasteiger partial charge in [-0.3, -0.25) is 0 Å². The molecule has 4 heteroatoms. The minimum Gasteiger partial charge on any atom is -0.380 e. The van der Waals surface area contributed by atoms with E-state index in [0.717, 1.165) is 25.7 Å². The first kappa shape index (κ1) is 11.2. The van der Waals surface area contributed by atoms with E-state index in [9.17, 15) is 18.3 Å². The van der Waals surface area contributed by atoms with Crippen LogP contribution in [0.25, 0.3) is 0 Å². The summed E-state index contributed by atoms with van der Waals surface area (Å²) in [7, 11) is 0. The predicted molar refractivity (Wildman–Crippen MR) is 50.3 cm³/mol. The Morgan fingerprint density at radius 1 is 1.27 bits per heavy atom. The fourth-order valence-electron chi connectivity index (χ4n) is 3.42. The van der Waals surface area contributed by atoms with E-state index < -0.39 is 11.8 Å². The van der Waals surface area contributed by atoms with Gasteiger partial charge in [0.15, 0.2) is 5.60 Å². The summed E-state index contributed by atoms with van der Waals surface area (Å²) in [5.41, 5.74) is -2.71. The Morgan fingerprint density at radius 2 is 1.93 bits per heavy atom. The number of fused-ring (bicyclic) bond motifs is 1. The van der Waals surface area contributed by atoms with Gasteiger partial charge in [-0.2, -0.15) is 13.2 Å². The van der Waals surface area contributed by atoms with Crippen LogP contribution in [-0.2, 0) is 0 Å². The maximum Gasteiger partial charge on any atom is 0.417 e. The summed E-state index contributed by atoms with van der Waals surface area (Å²) in [6.07, 6.45) is -0.978. The number of aliphatic hydroxyl groups is 1. The second-order valence-electron chi connectivity index (χ2n) is 5.51. The van der Waals surface area contributed by atoms with Gasteiger partial charge in [0, 0.05) is 0 Å². The van der Waals surface area contributed by atoms with E-state index in [1.165, 1.54) is 0 Å². The maximum atomic E-state index is 12.7. The lowest BCUT2D eigenvalue weighted by Crippen LogP contribution is -2.43. The summed E-state index contributed by atoms with van der Waals surface area (Å²) in [4.78, 5) is 0. The van der Waals surface area contributed by atoms with Crippen LogP contribution in [0.15, 0.2) is 0 Å². The van der Waals surface area contributed by atoms with E-state index >= 15 is 0 Å². The highest BCUT2D eigenvalue weighted by atomic mass is 19.4. The third kappa shape index (κ3) is 1.67. The minimum atomic E-state index is -4.46. The van der Waals surface area contributed by atoms with Crippen molar-refractivity contribution in [2.24, 2.45) is 11.3 Å². The molecule has 15 heavy (non-hydrogen) atoms. The van der Waals surface area contributed by atoms with Crippen molar-refractivity contribution < 1.29 is 18.3 Å². The van der Waals surface area contributed by atoms with Crippen molar-refractivity contribution in [3.8, 4) is 0 Å². The topological polar surface area (TPSA) is 20.2 Å². The molecule has 0 saturated heterocycles. The highest BCUT2D eigenvalue weighted by molar-refractivity contribution is 5.05. The molecule has 0 aromatic heterocycles. The van der Waals surface area contributed by atoms with Gasteiger partial charge >= 0.3 is 6.18 Å². The van der Waals surface area contributed by atoms with Crippen molar-refractivity contribution >= 4 is 0 Å². The van der Waals surface area contributed by atoms with E-state index in [-0.39, 0.29) is 24.2 Å². The third-order valence-electron chi connectivity index (χ3n) is 4.34. The normalized spacial score (nSPS) is 46.6. The molecular formula is C11H17F3O. The molecule has 0 aromatic carbocycles. The average molecular weight is 222 g/mol. The molecule has 0 amide bonds. The van der Waals surface area contributed by atoms with Crippen LogP contribution in [0.4, 0.5) is 13.2 Å². The smallest absolute Gasteiger partial charge is 0.380 e. The molecule has 0 aliphatic heterocycles. The number of rotatable bonds is 0. The standard InChI is InChI=1S/C11H17F3O/c1-9-5-3-2-4-8(9)6-10(15,7-9)11(12,13)14/h8,15H,2-7H2,1H3. The average Bonchev–Trinajstić information content (AvgIpc) is 2.35. The van der Waals surface area contributed by atoms with E-state index in [1.54, 1.807) is 0 Å². The van der Waals surface area contributed by atoms with Crippen molar-refractivity contribution in [2.45, 2.75) is 57.2 Å². The van der Waals surface area contributed by atoms with Gasteiger partial charge in [0.25, 0.3) is 0 Å². The van der Waals surface area contributed by atoms with Gasteiger partial charge in [-0.05, 0) is 37.0 Å². The van der Waals surface area contributed by atoms with Crippen molar-refractivity contribution in [1.29, 1.82) is 0 Å². The Bertz CT molecular complexity index is 263. The molecule has 0 spiro atoms. The summed E-state index contributed by atoms with van der Waals surface area (Å²) >= 11 is 0. The monoisotopic (exact) mass is 222 g/mol. The van der Waals surface area contributed by atoms with E-state index in [4.69, 9.17) is 0 Å². The fourth-order valence-corrected chi connectivity index (χ4v) is 3.42. The van der Waals surface area contributed by atoms with Crippen LogP contribution in [0.2, 0.25) is 0 Å². The van der Waals surface area contributed by atoms with E-state index in [2.05, 4.69) is 0 Å². The van der Waals surface area contributed by atoms with Crippen molar-refractivity contribution in [3.05, 3.63) is 0 Å². The first-order chi connectivity index (χ1) is 6.77. The molecule has 1 N–H and O–H groups in total. The van der Waals surface area contributed by atoms with Gasteiger partial charge in [-0.15, -0.1) is 0 Å². The maximum absolute atomic E-state index is 12.7. The van der Waals surface area contributed by atoms with Crippen molar-refractivity contribution in [3.63, 3.8) is 0 Å². The third-order valence-corrected chi connectivity index (χ3v) is 4.34. The van der Waals surface area contributed by atoms with Gasteiger partial charge in [0.1, 0.15) is 0 Å². The largest absolute Gasteiger partial charge is 0.417 e. The lowest BCUT2D eigenvalue weighted by atomic mass is 9.70. The first-order valence-electron chi connectivity index (χ1n) is 5.56. The summed E-state index contributed by atoms with van der Waals surface area (Å²) in [5.74, 6) is 0.0536. The fraction of sp³-hybridized carbons (Fsp3) is 1.00. The lowest BCUT2D eigenvalue weighted by molar-refractivity contribution is -0.260. The molecule has 0 heterocycles. The van der Waals surface area contributed by atoms with E-state index in [0.29, 0.717) is 0 Å². The van der Waals surface area contributed by atoms with Crippen LogP contribution < -0.4 is 0 Å². The molecule has 3 atom stereocenters. The SMILES string of the molecule is CC12CCCCC1CC(O)(C(F)(F)F)C2. The summed E-state index contributed by atoms with van der Waals surface area (Å²) in [5, 5.41) is 9.70. The van der Waals surface area contributed by atoms with Gasteiger partial charge in [0.05, 0.1) is 0 Å². The molecule has 1 nitrogen and oxygen atoms in total. The van der Waals surface area contributed by atoms with Gasteiger partial charge < -0.3 is 5.11 Å². The molecule has 0 bridgehead atoms. The highest BCUT2D eigenvalue weighted by Gasteiger charge is 2.63. The molecule has 0 aromatic rings. The molecule has 3 unspecified atom stereocenters. The highest BCUT2D eigenvalue weighted by Crippen LogP contribution is 2.59. The zero-order valence-corrected chi connectivity index (χ0v) is 8.90. The second-order valence-corrected chi connectivity index (χ2v) is 5.51. The molecule has 2 fully saturated rings. The molecule has 2 rings (SSSR count). The molecule has 2 saturated carbocycles. The van der Waals surface area contributed by atoms with Crippen LogP contribution in [0.3, 0.4) is 0 Å². The number of hydrogen-bond donors (Lipinski definition) is 1. The molecular weight excluding hydrogens is 205 g/mol. The van der Waals surface area contributed by atoms with Gasteiger partial charge in [-0.25, -0.2) is 0 Å². The van der Waals surface area contributed by atoms with Crippen LogP contribution in [0.1, 0.15) is 45.4 Å². The lowest BCUT2D eigenvalue weighted by Gasteiger charge is -2.35. The zero-order chi connectivity index (χ0) is 11.3. The number of hydrogen-bond acceptors (Lipinski definition) is 1. The minimum absolute atomic E-state index is 0.0536. The van der Waals surface area contributed by atoms with Crippen LogP contribution in [-0.4, -0.2) is 16.9 Å². The Hall–Kier alpha value is -0.250. The van der Waals surface area contributed by atoms with Crippen LogP contribution >= 0.6 is 0 Å². The Morgan fingerprint density at radius 3 is 2.47 bits per heavy atom. The summed E-state index contributed by atoms with van der Waals surface area (Å²) < 4.78 is 38.1. The van der Waals surface area contributed by atoms with Crippen LogP contribution in [0.5, 0.6) is 0 Å². The Kier molecular flexibility index (Phi) is 2.34.